The van der Waals surface area contributed by atoms with Gasteiger partial charge in [-0.05, 0) is 69.8 Å². The van der Waals surface area contributed by atoms with Crippen molar-refractivity contribution < 1.29 is 0 Å². The molecule has 1 aromatic carbocycles. The third-order valence-electron chi connectivity index (χ3n) is 4.05. The number of benzene rings is 1. The molecule has 0 radical (unpaired) electrons. The molecule has 0 saturated heterocycles. The molecule has 1 atom stereocenters. The van der Waals surface area contributed by atoms with E-state index in [-0.39, 0.29) is 0 Å². The lowest BCUT2D eigenvalue weighted by Crippen LogP contribution is -2.34. The summed E-state index contributed by atoms with van der Waals surface area (Å²) in [6.07, 6.45) is 2.80. The van der Waals surface area contributed by atoms with E-state index >= 15 is 0 Å². The second kappa shape index (κ2) is 6.95. The van der Waals surface area contributed by atoms with Crippen LogP contribution in [0.15, 0.2) is 22.7 Å². The minimum absolute atomic E-state index is 0.382. The molecule has 0 bridgehead atoms. The molecule has 1 aromatic rings. The zero-order valence-electron chi connectivity index (χ0n) is 13.1. The molecule has 0 aliphatic heterocycles. The number of nitrogens with one attached hydrogen (secondary N) is 1. The Morgan fingerprint density at radius 1 is 1.30 bits per heavy atom. The summed E-state index contributed by atoms with van der Waals surface area (Å²) in [4.78, 5) is 2.58. The van der Waals surface area contributed by atoms with Crippen LogP contribution in [-0.2, 0) is 0 Å². The van der Waals surface area contributed by atoms with Gasteiger partial charge in [-0.25, -0.2) is 0 Å². The van der Waals surface area contributed by atoms with Gasteiger partial charge in [-0.15, -0.1) is 0 Å². The van der Waals surface area contributed by atoms with Gasteiger partial charge in [-0.3, -0.25) is 0 Å². The molecule has 3 heteroatoms. The maximum atomic E-state index is 3.62. The Hall–Kier alpha value is -0.540. The van der Waals surface area contributed by atoms with Crippen molar-refractivity contribution in [2.75, 3.05) is 18.0 Å². The summed E-state index contributed by atoms with van der Waals surface area (Å²) in [6, 6.07) is 7.64. The average Bonchev–Trinajstić information content (AvgIpc) is 3.20. The fourth-order valence-electron chi connectivity index (χ4n) is 2.72. The molecule has 0 heterocycles. The van der Waals surface area contributed by atoms with Crippen molar-refractivity contribution in [1.29, 1.82) is 0 Å². The monoisotopic (exact) mass is 338 g/mol. The largest absolute Gasteiger partial charge is 0.369 e. The van der Waals surface area contributed by atoms with Crippen LogP contribution in [0.2, 0.25) is 0 Å². The van der Waals surface area contributed by atoms with E-state index in [0.717, 1.165) is 16.9 Å². The van der Waals surface area contributed by atoms with E-state index < -0.39 is 0 Å². The van der Waals surface area contributed by atoms with Crippen LogP contribution in [0.25, 0.3) is 0 Å². The summed E-state index contributed by atoms with van der Waals surface area (Å²) in [5.74, 6) is 0.906. The van der Waals surface area contributed by atoms with Gasteiger partial charge in [0.2, 0.25) is 0 Å². The Balaban J connectivity index is 2.31. The minimum atomic E-state index is 0.382. The smallest absolute Gasteiger partial charge is 0.0417 e. The number of rotatable bonds is 7. The van der Waals surface area contributed by atoms with E-state index in [2.05, 4.69) is 72.0 Å². The first kappa shape index (κ1) is 15.8. The number of anilines is 1. The molecule has 1 aliphatic carbocycles. The molecule has 1 unspecified atom stereocenters. The van der Waals surface area contributed by atoms with E-state index in [1.165, 1.54) is 30.6 Å². The van der Waals surface area contributed by atoms with E-state index in [1.807, 2.05) is 0 Å². The lowest BCUT2D eigenvalue weighted by Gasteiger charge is -2.33. The van der Waals surface area contributed by atoms with Crippen LogP contribution in [0.1, 0.15) is 52.1 Å². The summed E-state index contributed by atoms with van der Waals surface area (Å²) in [5, 5.41) is 3.54. The first-order chi connectivity index (χ1) is 9.52. The second-order valence-electron chi connectivity index (χ2n) is 6.17. The predicted molar refractivity (Wildman–Crippen MR) is 91.4 cm³/mol. The van der Waals surface area contributed by atoms with Crippen LogP contribution in [0, 0.1) is 5.92 Å². The van der Waals surface area contributed by atoms with E-state index in [9.17, 15) is 0 Å². The topological polar surface area (TPSA) is 15.3 Å². The molecule has 1 fully saturated rings. The first-order valence-electron chi connectivity index (χ1n) is 7.82. The van der Waals surface area contributed by atoms with Crippen LogP contribution in [0.4, 0.5) is 5.69 Å². The average molecular weight is 339 g/mol. The highest BCUT2D eigenvalue weighted by molar-refractivity contribution is 9.10. The van der Waals surface area contributed by atoms with Crippen molar-refractivity contribution in [2.24, 2.45) is 5.92 Å². The van der Waals surface area contributed by atoms with Gasteiger partial charge in [0.25, 0.3) is 0 Å². The van der Waals surface area contributed by atoms with Gasteiger partial charge in [0.15, 0.2) is 0 Å². The molecule has 112 valence electrons. The molecule has 2 rings (SSSR count). The van der Waals surface area contributed by atoms with Crippen molar-refractivity contribution in [1.82, 2.24) is 5.32 Å². The normalized spacial score (nSPS) is 16.5. The van der Waals surface area contributed by atoms with Gasteiger partial charge >= 0.3 is 0 Å². The summed E-state index contributed by atoms with van der Waals surface area (Å²) in [6.45, 7) is 11.2. The highest BCUT2D eigenvalue weighted by atomic mass is 79.9. The molecular weight excluding hydrogens is 312 g/mol. The molecule has 0 aromatic heterocycles. The highest BCUT2D eigenvalue weighted by Crippen LogP contribution is 2.36. The quantitative estimate of drug-likeness (QED) is 0.772. The highest BCUT2D eigenvalue weighted by Gasteiger charge is 2.27. The standard InChI is InChI=1S/C17H27BrN2/c1-5-19-13(4)16-10-15(18)8-9-17(16)20(12(2)3)11-14-6-7-14/h8-10,12-14,19H,5-7,11H2,1-4H3. The lowest BCUT2D eigenvalue weighted by atomic mass is 10.0. The molecule has 0 spiro atoms. The van der Waals surface area contributed by atoms with Gasteiger partial charge in [-0.1, -0.05) is 22.9 Å². The fraction of sp³-hybridized carbons (Fsp3) is 0.647. The molecule has 2 nitrogen and oxygen atoms in total. The Kier molecular flexibility index (Phi) is 5.50. The van der Waals surface area contributed by atoms with Crippen molar-refractivity contribution >= 4 is 21.6 Å². The predicted octanol–water partition coefficient (Wildman–Crippen LogP) is 4.74. The van der Waals surface area contributed by atoms with Crippen molar-refractivity contribution in [2.45, 2.75) is 52.6 Å². The van der Waals surface area contributed by atoms with E-state index in [4.69, 9.17) is 0 Å². The van der Waals surface area contributed by atoms with Gasteiger partial charge < -0.3 is 10.2 Å². The Bertz CT molecular complexity index is 441. The van der Waals surface area contributed by atoms with Crippen molar-refractivity contribution in [3.05, 3.63) is 28.2 Å². The zero-order chi connectivity index (χ0) is 14.7. The summed E-state index contributed by atoms with van der Waals surface area (Å²) in [7, 11) is 0. The van der Waals surface area contributed by atoms with Crippen molar-refractivity contribution in [3.8, 4) is 0 Å². The van der Waals surface area contributed by atoms with Gasteiger partial charge in [0.1, 0.15) is 0 Å². The van der Waals surface area contributed by atoms with Gasteiger partial charge in [-0.2, -0.15) is 0 Å². The minimum Gasteiger partial charge on any atom is -0.369 e. The molecular formula is C17H27BrN2. The molecule has 1 N–H and O–H groups in total. The fourth-order valence-corrected chi connectivity index (χ4v) is 3.09. The van der Waals surface area contributed by atoms with Crippen LogP contribution >= 0.6 is 15.9 Å². The van der Waals surface area contributed by atoms with Crippen LogP contribution in [-0.4, -0.2) is 19.1 Å². The number of hydrogen-bond acceptors (Lipinski definition) is 2. The third-order valence-corrected chi connectivity index (χ3v) is 4.54. The SMILES string of the molecule is CCNC(C)c1cc(Br)ccc1N(CC1CC1)C(C)C. The Morgan fingerprint density at radius 2 is 2.00 bits per heavy atom. The van der Waals surface area contributed by atoms with Crippen LogP contribution in [0.5, 0.6) is 0 Å². The summed E-state index contributed by atoms with van der Waals surface area (Å²) in [5.41, 5.74) is 2.79. The molecule has 1 aliphatic rings. The van der Waals surface area contributed by atoms with Crippen LogP contribution < -0.4 is 10.2 Å². The zero-order valence-corrected chi connectivity index (χ0v) is 14.7. The van der Waals surface area contributed by atoms with Crippen LogP contribution in [0.3, 0.4) is 0 Å². The van der Waals surface area contributed by atoms with Gasteiger partial charge in [0.05, 0.1) is 0 Å². The number of nitrogens with zero attached hydrogens (tertiary/aromatic N) is 1. The number of halogens is 1. The van der Waals surface area contributed by atoms with E-state index in [1.54, 1.807) is 0 Å². The summed E-state index contributed by atoms with van der Waals surface area (Å²) >= 11 is 3.62. The molecule has 0 amide bonds. The maximum Gasteiger partial charge on any atom is 0.0417 e. The third kappa shape index (κ3) is 3.98. The second-order valence-corrected chi connectivity index (χ2v) is 7.09. The van der Waals surface area contributed by atoms with Crippen molar-refractivity contribution in [3.63, 3.8) is 0 Å². The lowest BCUT2D eigenvalue weighted by molar-refractivity contribution is 0.585. The number of hydrogen-bond donors (Lipinski definition) is 1. The molecule has 1 saturated carbocycles. The maximum absolute atomic E-state index is 3.62. The van der Waals surface area contributed by atoms with E-state index in [0.29, 0.717) is 12.1 Å². The first-order valence-corrected chi connectivity index (χ1v) is 8.61. The molecule has 20 heavy (non-hydrogen) atoms. The Morgan fingerprint density at radius 3 is 2.55 bits per heavy atom. The Labute approximate surface area is 132 Å². The summed E-state index contributed by atoms with van der Waals surface area (Å²) < 4.78 is 1.16. The van der Waals surface area contributed by atoms with Gasteiger partial charge in [0, 0.05) is 28.8 Å².